The van der Waals surface area contributed by atoms with Crippen molar-refractivity contribution in [3.63, 3.8) is 0 Å². The van der Waals surface area contributed by atoms with Crippen LogP contribution < -0.4 is 5.32 Å². The van der Waals surface area contributed by atoms with Crippen molar-refractivity contribution in [3.8, 4) is 0 Å². The molecule has 15 heavy (non-hydrogen) atoms. The van der Waals surface area contributed by atoms with Gasteiger partial charge in [-0.2, -0.15) is 0 Å². The molecule has 0 amide bonds. The average Bonchev–Trinajstić information content (AvgIpc) is 2.10. The maximum absolute atomic E-state index is 9.13. The van der Waals surface area contributed by atoms with Crippen LogP contribution in [0.15, 0.2) is 0 Å². The highest BCUT2D eigenvalue weighted by molar-refractivity contribution is 4.78. The number of ether oxygens (including phenoxy) is 1. The van der Waals surface area contributed by atoms with E-state index in [1.165, 1.54) is 0 Å². The molecule has 1 saturated heterocycles. The van der Waals surface area contributed by atoms with Gasteiger partial charge in [0.1, 0.15) is 0 Å². The van der Waals surface area contributed by atoms with E-state index in [4.69, 9.17) is 9.84 Å². The van der Waals surface area contributed by atoms with Gasteiger partial charge < -0.3 is 15.2 Å². The Labute approximate surface area is 93.2 Å². The standard InChI is InChI=1S/C12H25NO2/c1-9(14)5-4-6-13-12-7-10(2)15-11(3)8-12/h9-14H,4-8H2,1-3H3. The second-order valence-corrected chi connectivity index (χ2v) is 4.87. The molecule has 3 unspecified atom stereocenters. The summed E-state index contributed by atoms with van der Waals surface area (Å²) >= 11 is 0. The van der Waals surface area contributed by atoms with Crippen LogP contribution in [0.3, 0.4) is 0 Å². The highest BCUT2D eigenvalue weighted by atomic mass is 16.5. The molecule has 0 aliphatic carbocycles. The molecule has 1 aliphatic heterocycles. The average molecular weight is 215 g/mol. The number of hydrogen-bond donors (Lipinski definition) is 2. The predicted molar refractivity (Wildman–Crippen MR) is 61.9 cm³/mol. The van der Waals surface area contributed by atoms with Gasteiger partial charge in [0.05, 0.1) is 18.3 Å². The highest BCUT2D eigenvalue weighted by Crippen LogP contribution is 2.18. The molecular weight excluding hydrogens is 190 g/mol. The smallest absolute Gasteiger partial charge is 0.0565 e. The number of aliphatic hydroxyl groups excluding tert-OH is 1. The number of aliphatic hydroxyl groups is 1. The van der Waals surface area contributed by atoms with E-state index in [2.05, 4.69) is 19.2 Å². The first kappa shape index (κ1) is 12.9. The molecular formula is C12H25NO2. The Balaban J connectivity index is 2.10. The molecule has 3 atom stereocenters. The van der Waals surface area contributed by atoms with E-state index in [0.29, 0.717) is 18.2 Å². The first-order valence-corrected chi connectivity index (χ1v) is 6.15. The molecule has 0 aromatic carbocycles. The summed E-state index contributed by atoms with van der Waals surface area (Å²) in [4.78, 5) is 0. The minimum Gasteiger partial charge on any atom is -0.393 e. The monoisotopic (exact) mass is 215 g/mol. The molecule has 1 aliphatic rings. The summed E-state index contributed by atoms with van der Waals surface area (Å²) in [6.45, 7) is 7.13. The maximum atomic E-state index is 9.13. The van der Waals surface area contributed by atoms with Gasteiger partial charge in [0.2, 0.25) is 0 Å². The Hall–Kier alpha value is -0.120. The number of hydrogen-bond acceptors (Lipinski definition) is 3. The Morgan fingerprint density at radius 2 is 1.93 bits per heavy atom. The lowest BCUT2D eigenvalue weighted by atomic mass is 10.00. The predicted octanol–water partition coefficient (Wildman–Crippen LogP) is 1.69. The normalized spacial score (nSPS) is 34.0. The van der Waals surface area contributed by atoms with Gasteiger partial charge in [-0.3, -0.25) is 0 Å². The van der Waals surface area contributed by atoms with Crippen molar-refractivity contribution < 1.29 is 9.84 Å². The number of rotatable bonds is 5. The Morgan fingerprint density at radius 1 is 1.33 bits per heavy atom. The third kappa shape index (κ3) is 5.50. The molecule has 0 spiro atoms. The highest BCUT2D eigenvalue weighted by Gasteiger charge is 2.23. The molecule has 1 fully saturated rings. The topological polar surface area (TPSA) is 41.5 Å². The summed E-state index contributed by atoms with van der Waals surface area (Å²) < 4.78 is 5.68. The molecule has 90 valence electrons. The van der Waals surface area contributed by atoms with Crippen LogP contribution in [0.5, 0.6) is 0 Å². The van der Waals surface area contributed by atoms with E-state index in [-0.39, 0.29) is 6.10 Å². The fourth-order valence-corrected chi connectivity index (χ4v) is 2.28. The minimum absolute atomic E-state index is 0.167. The van der Waals surface area contributed by atoms with Crippen LogP contribution in [0.2, 0.25) is 0 Å². The van der Waals surface area contributed by atoms with Crippen molar-refractivity contribution in [1.82, 2.24) is 5.32 Å². The molecule has 0 aromatic heterocycles. The molecule has 1 rings (SSSR count). The lowest BCUT2D eigenvalue weighted by Crippen LogP contribution is -2.41. The SMILES string of the molecule is CC(O)CCCNC1CC(C)OC(C)C1. The summed E-state index contributed by atoms with van der Waals surface area (Å²) in [5, 5.41) is 12.7. The van der Waals surface area contributed by atoms with Gasteiger partial charge in [-0.25, -0.2) is 0 Å². The van der Waals surface area contributed by atoms with Crippen molar-refractivity contribution in [2.45, 2.75) is 70.8 Å². The minimum atomic E-state index is -0.167. The van der Waals surface area contributed by atoms with Gasteiger partial charge in [0, 0.05) is 6.04 Å². The summed E-state index contributed by atoms with van der Waals surface area (Å²) in [6.07, 6.45) is 4.75. The second kappa shape index (κ2) is 6.46. The van der Waals surface area contributed by atoms with Gasteiger partial charge in [0.15, 0.2) is 0 Å². The molecule has 3 heteroatoms. The maximum Gasteiger partial charge on any atom is 0.0565 e. The van der Waals surface area contributed by atoms with E-state index in [1.807, 2.05) is 6.92 Å². The van der Waals surface area contributed by atoms with Crippen molar-refractivity contribution in [2.24, 2.45) is 0 Å². The van der Waals surface area contributed by atoms with Crippen LogP contribution in [0, 0.1) is 0 Å². The van der Waals surface area contributed by atoms with Crippen LogP contribution >= 0.6 is 0 Å². The van der Waals surface area contributed by atoms with E-state index < -0.39 is 0 Å². The zero-order chi connectivity index (χ0) is 11.3. The summed E-state index contributed by atoms with van der Waals surface area (Å²) in [5.41, 5.74) is 0. The zero-order valence-corrected chi connectivity index (χ0v) is 10.2. The summed E-state index contributed by atoms with van der Waals surface area (Å²) in [7, 11) is 0. The fourth-order valence-electron chi connectivity index (χ4n) is 2.28. The van der Waals surface area contributed by atoms with Crippen molar-refractivity contribution in [1.29, 1.82) is 0 Å². The van der Waals surface area contributed by atoms with E-state index in [9.17, 15) is 0 Å². The Bertz CT molecular complexity index is 163. The fraction of sp³-hybridized carbons (Fsp3) is 1.00. The van der Waals surface area contributed by atoms with E-state index in [0.717, 1.165) is 32.2 Å². The summed E-state index contributed by atoms with van der Waals surface area (Å²) in [6, 6.07) is 0.595. The molecule has 0 radical (unpaired) electrons. The largest absolute Gasteiger partial charge is 0.393 e. The van der Waals surface area contributed by atoms with Crippen LogP contribution in [0.25, 0.3) is 0 Å². The van der Waals surface area contributed by atoms with Gasteiger partial charge in [-0.1, -0.05) is 0 Å². The van der Waals surface area contributed by atoms with Crippen LogP contribution in [0.1, 0.15) is 46.5 Å². The van der Waals surface area contributed by atoms with Crippen molar-refractivity contribution >= 4 is 0 Å². The Morgan fingerprint density at radius 3 is 2.47 bits per heavy atom. The summed E-state index contributed by atoms with van der Waals surface area (Å²) in [5.74, 6) is 0. The second-order valence-electron chi connectivity index (χ2n) is 4.87. The van der Waals surface area contributed by atoms with Gasteiger partial charge in [0.25, 0.3) is 0 Å². The van der Waals surface area contributed by atoms with Gasteiger partial charge >= 0.3 is 0 Å². The van der Waals surface area contributed by atoms with Crippen molar-refractivity contribution in [3.05, 3.63) is 0 Å². The zero-order valence-electron chi connectivity index (χ0n) is 10.2. The van der Waals surface area contributed by atoms with Crippen LogP contribution in [0.4, 0.5) is 0 Å². The van der Waals surface area contributed by atoms with Gasteiger partial charge in [-0.05, 0) is 53.0 Å². The van der Waals surface area contributed by atoms with Gasteiger partial charge in [-0.15, -0.1) is 0 Å². The quantitative estimate of drug-likeness (QED) is 0.686. The van der Waals surface area contributed by atoms with E-state index >= 15 is 0 Å². The molecule has 0 aromatic rings. The lowest BCUT2D eigenvalue weighted by molar-refractivity contribution is -0.0420. The van der Waals surface area contributed by atoms with Crippen molar-refractivity contribution in [2.75, 3.05) is 6.54 Å². The molecule has 1 heterocycles. The third-order valence-electron chi connectivity index (χ3n) is 2.93. The molecule has 2 N–H and O–H groups in total. The Kier molecular flexibility index (Phi) is 5.58. The molecule has 3 nitrogen and oxygen atoms in total. The van der Waals surface area contributed by atoms with E-state index in [1.54, 1.807) is 0 Å². The molecule has 0 saturated carbocycles. The first-order chi connectivity index (χ1) is 7.08. The van der Waals surface area contributed by atoms with Crippen LogP contribution in [-0.2, 0) is 4.74 Å². The lowest BCUT2D eigenvalue weighted by Gasteiger charge is -2.32. The third-order valence-corrected chi connectivity index (χ3v) is 2.93. The number of nitrogens with one attached hydrogen (secondary N) is 1. The first-order valence-electron chi connectivity index (χ1n) is 6.15. The molecule has 0 bridgehead atoms. The van der Waals surface area contributed by atoms with Crippen LogP contribution in [-0.4, -0.2) is 36.0 Å².